The molecule has 0 aliphatic heterocycles. The highest BCUT2D eigenvalue weighted by atomic mass is 16.5. The molecule has 1 aromatic heterocycles. The van der Waals surface area contributed by atoms with Crippen LogP contribution < -0.4 is 15.8 Å². The van der Waals surface area contributed by atoms with Crippen LogP contribution in [0.2, 0.25) is 0 Å². The van der Waals surface area contributed by atoms with Crippen molar-refractivity contribution in [1.29, 1.82) is 0 Å². The number of aromatic nitrogens is 1. The zero-order chi connectivity index (χ0) is 19.1. The highest BCUT2D eigenvalue weighted by molar-refractivity contribution is 5.94. The Bertz CT molecular complexity index is 900. The van der Waals surface area contributed by atoms with E-state index in [1.165, 1.54) is 0 Å². The number of pyridine rings is 1. The standard InChI is InChI=1S/C21H21N3O3/c22-13-15-9-10-23-20(11-15)27-18-8-4-7-17(12-18)21(26)24-19(14-25)16-5-2-1-3-6-16/h1-12,19,25H,13-14,22H2,(H,24,26)/t19-/m0/s1. The molecule has 0 spiro atoms. The third kappa shape index (κ3) is 4.91. The van der Waals surface area contributed by atoms with Crippen LogP contribution in [0.15, 0.2) is 72.9 Å². The highest BCUT2D eigenvalue weighted by Crippen LogP contribution is 2.22. The number of carbonyl (C=O) groups excluding carboxylic acids is 1. The van der Waals surface area contributed by atoms with Gasteiger partial charge in [0.15, 0.2) is 0 Å². The van der Waals surface area contributed by atoms with E-state index < -0.39 is 6.04 Å². The van der Waals surface area contributed by atoms with Gasteiger partial charge in [0.25, 0.3) is 5.91 Å². The Kier molecular flexibility index (Phi) is 6.14. The van der Waals surface area contributed by atoms with Gasteiger partial charge in [-0.15, -0.1) is 0 Å². The van der Waals surface area contributed by atoms with Crippen molar-refractivity contribution in [3.05, 3.63) is 89.6 Å². The summed E-state index contributed by atoms with van der Waals surface area (Å²) < 4.78 is 5.73. The second-order valence-electron chi connectivity index (χ2n) is 5.96. The van der Waals surface area contributed by atoms with Crippen LogP contribution in [0.1, 0.15) is 27.5 Å². The number of carbonyl (C=O) groups is 1. The minimum atomic E-state index is -0.480. The van der Waals surface area contributed by atoms with Gasteiger partial charge in [-0.05, 0) is 35.4 Å². The second kappa shape index (κ2) is 8.93. The first-order valence-corrected chi connectivity index (χ1v) is 8.59. The van der Waals surface area contributed by atoms with Crippen LogP contribution in [-0.4, -0.2) is 22.6 Å². The molecule has 0 saturated heterocycles. The Labute approximate surface area is 157 Å². The van der Waals surface area contributed by atoms with Crippen LogP contribution in [0.25, 0.3) is 0 Å². The fourth-order valence-electron chi connectivity index (χ4n) is 2.62. The maximum Gasteiger partial charge on any atom is 0.251 e. The second-order valence-corrected chi connectivity index (χ2v) is 5.96. The number of hydrogen-bond donors (Lipinski definition) is 3. The molecule has 1 amide bonds. The molecule has 1 heterocycles. The summed E-state index contributed by atoms with van der Waals surface area (Å²) in [4.78, 5) is 16.7. The van der Waals surface area contributed by atoms with Crippen molar-refractivity contribution in [1.82, 2.24) is 10.3 Å². The van der Waals surface area contributed by atoms with Crippen LogP contribution in [0.3, 0.4) is 0 Å². The number of amides is 1. The molecule has 4 N–H and O–H groups in total. The van der Waals surface area contributed by atoms with E-state index in [9.17, 15) is 9.90 Å². The van der Waals surface area contributed by atoms with Crippen molar-refractivity contribution in [3.8, 4) is 11.6 Å². The minimum Gasteiger partial charge on any atom is -0.439 e. The molecule has 0 fully saturated rings. The number of aliphatic hydroxyl groups is 1. The Morgan fingerprint density at radius 3 is 2.67 bits per heavy atom. The number of nitrogens with zero attached hydrogens (tertiary/aromatic N) is 1. The Hall–Kier alpha value is -3.22. The Morgan fingerprint density at radius 2 is 1.93 bits per heavy atom. The zero-order valence-electron chi connectivity index (χ0n) is 14.7. The predicted molar refractivity (Wildman–Crippen MR) is 102 cm³/mol. The van der Waals surface area contributed by atoms with E-state index in [2.05, 4.69) is 10.3 Å². The first-order valence-electron chi connectivity index (χ1n) is 8.59. The lowest BCUT2D eigenvalue weighted by Gasteiger charge is -2.17. The number of ether oxygens (including phenoxy) is 1. The summed E-state index contributed by atoms with van der Waals surface area (Å²) in [5.41, 5.74) is 7.80. The van der Waals surface area contributed by atoms with Gasteiger partial charge < -0.3 is 20.9 Å². The number of nitrogens with two attached hydrogens (primary N) is 1. The Morgan fingerprint density at radius 1 is 1.11 bits per heavy atom. The van der Waals surface area contributed by atoms with Crippen molar-refractivity contribution < 1.29 is 14.6 Å². The smallest absolute Gasteiger partial charge is 0.251 e. The topological polar surface area (TPSA) is 97.5 Å². The van der Waals surface area contributed by atoms with Crippen LogP contribution in [0, 0.1) is 0 Å². The van der Waals surface area contributed by atoms with Crippen LogP contribution in [-0.2, 0) is 6.54 Å². The average molecular weight is 363 g/mol. The largest absolute Gasteiger partial charge is 0.439 e. The molecule has 3 aromatic rings. The quantitative estimate of drug-likeness (QED) is 0.600. The molecular formula is C21H21N3O3. The fourth-order valence-corrected chi connectivity index (χ4v) is 2.62. The van der Waals surface area contributed by atoms with E-state index >= 15 is 0 Å². The van der Waals surface area contributed by atoms with Crippen molar-refractivity contribution in [2.45, 2.75) is 12.6 Å². The molecule has 27 heavy (non-hydrogen) atoms. The van der Waals surface area contributed by atoms with Crippen LogP contribution >= 0.6 is 0 Å². The molecule has 0 aliphatic rings. The van der Waals surface area contributed by atoms with Gasteiger partial charge in [0.1, 0.15) is 5.75 Å². The molecule has 0 radical (unpaired) electrons. The third-order valence-corrected chi connectivity index (χ3v) is 4.04. The zero-order valence-corrected chi connectivity index (χ0v) is 14.7. The highest BCUT2D eigenvalue weighted by Gasteiger charge is 2.15. The van der Waals surface area contributed by atoms with Crippen molar-refractivity contribution >= 4 is 5.91 Å². The van der Waals surface area contributed by atoms with Gasteiger partial charge in [-0.1, -0.05) is 36.4 Å². The third-order valence-electron chi connectivity index (χ3n) is 4.04. The van der Waals surface area contributed by atoms with E-state index in [1.807, 2.05) is 36.4 Å². The summed E-state index contributed by atoms with van der Waals surface area (Å²) in [5, 5.41) is 12.4. The average Bonchev–Trinajstić information content (AvgIpc) is 2.72. The maximum absolute atomic E-state index is 12.6. The monoisotopic (exact) mass is 363 g/mol. The summed E-state index contributed by atoms with van der Waals surface area (Å²) in [6, 6.07) is 19.2. The minimum absolute atomic E-state index is 0.193. The number of hydrogen-bond acceptors (Lipinski definition) is 5. The molecular weight excluding hydrogens is 342 g/mol. The molecule has 6 heteroatoms. The normalized spacial score (nSPS) is 11.6. The molecule has 0 saturated carbocycles. The fraction of sp³-hybridized carbons (Fsp3) is 0.143. The van der Waals surface area contributed by atoms with Gasteiger partial charge in [0.2, 0.25) is 5.88 Å². The summed E-state index contributed by atoms with van der Waals surface area (Å²) in [6.07, 6.45) is 1.62. The molecule has 1 atom stereocenters. The Balaban J connectivity index is 1.73. The maximum atomic E-state index is 12.6. The van der Waals surface area contributed by atoms with Crippen molar-refractivity contribution in [2.24, 2.45) is 5.73 Å². The summed E-state index contributed by atoms with van der Waals surface area (Å²) in [6.45, 7) is 0.200. The lowest BCUT2D eigenvalue weighted by molar-refractivity contribution is 0.0916. The number of rotatable bonds is 7. The van der Waals surface area contributed by atoms with E-state index in [0.29, 0.717) is 23.7 Å². The molecule has 6 nitrogen and oxygen atoms in total. The van der Waals surface area contributed by atoms with Crippen LogP contribution in [0.4, 0.5) is 0 Å². The summed E-state index contributed by atoms with van der Waals surface area (Å²) >= 11 is 0. The molecule has 3 rings (SSSR count). The first kappa shape index (κ1) is 18.6. The predicted octanol–water partition coefficient (Wildman–Crippen LogP) is 2.80. The van der Waals surface area contributed by atoms with Gasteiger partial charge in [-0.25, -0.2) is 4.98 Å². The number of aliphatic hydroxyl groups excluding tert-OH is 1. The summed E-state index contributed by atoms with van der Waals surface area (Å²) in [7, 11) is 0. The van der Waals surface area contributed by atoms with E-state index in [4.69, 9.17) is 10.5 Å². The van der Waals surface area contributed by atoms with Gasteiger partial charge in [0, 0.05) is 24.4 Å². The van der Waals surface area contributed by atoms with Gasteiger partial charge in [-0.2, -0.15) is 0 Å². The van der Waals surface area contributed by atoms with E-state index in [-0.39, 0.29) is 12.5 Å². The molecule has 0 aliphatic carbocycles. The summed E-state index contributed by atoms with van der Waals surface area (Å²) in [5.74, 6) is 0.602. The van der Waals surface area contributed by atoms with Crippen LogP contribution in [0.5, 0.6) is 11.6 Å². The number of benzene rings is 2. The van der Waals surface area contributed by atoms with E-state index in [1.54, 1.807) is 36.5 Å². The van der Waals surface area contributed by atoms with Crippen molar-refractivity contribution in [3.63, 3.8) is 0 Å². The first-order chi connectivity index (χ1) is 13.2. The van der Waals surface area contributed by atoms with Gasteiger partial charge in [0.05, 0.1) is 12.6 Å². The molecule has 0 bridgehead atoms. The van der Waals surface area contributed by atoms with Gasteiger partial charge in [-0.3, -0.25) is 4.79 Å². The van der Waals surface area contributed by atoms with Crippen molar-refractivity contribution in [2.75, 3.05) is 6.61 Å². The SMILES string of the molecule is NCc1ccnc(Oc2cccc(C(=O)N[C@@H](CO)c3ccccc3)c2)c1. The lowest BCUT2D eigenvalue weighted by atomic mass is 10.1. The lowest BCUT2D eigenvalue weighted by Crippen LogP contribution is -2.30. The number of nitrogens with one attached hydrogen (secondary N) is 1. The van der Waals surface area contributed by atoms with E-state index in [0.717, 1.165) is 11.1 Å². The molecule has 0 unspecified atom stereocenters. The molecule has 138 valence electrons. The van der Waals surface area contributed by atoms with Gasteiger partial charge >= 0.3 is 0 Å². The molecule has 2 aromatic carbocycles.